The van der Waals surface area contributed by atoms with Crippen LogP contribution in [0.5, 0.6) is 0 Å². The van der Waals surface area contributed by atoms with Crippen molar-refractivity contribution in [3.05, 3.63) is 32.8 Å². The zero-order valence-corrected chi connectivity index (χ0v) is 9.81. The number of aromatic amines is 1. The van der Waals surface area contributed by atoms with E-state index in [0.29, 0.717) is 12.8 Å². The number of H-pyrrole nitrogens is 1. The lowest BCUT2D eigenvalue weighted by molar-refractivity contribution is -0.124. The number of aromatic nitrogens is 2. The molecule has 2 rings (SSSR count). The van der Waals surface area contributed by atoms with E-state index in [4.69, 9.17) is 0 Å². The number of nitrogens with zero attached hydrogens (tertiary/aromatic N) is 1. The van der Waals surface area contributed by atoms with Crippen LogP contribution in [0, 0.1) is 0 Å². The van der Waals surface area contributed by atoms with Gasteiger partial charge in [0, 0.05) is 18.7 Å². The summed E-state index contributed by atoms with van der Waals surface area (Å²) in [5.41, 5.74) is -1.70. The minimum atomic E-state index is -0.801. The minimum absolute atomic E-state index is 0.178. The lowest BCUT2D eigenvalue weighted by Crippen LogP contribution is -2.49. The first-order chi connectivity index (χ1) is 8.48. The molecule has 7 nitrogen and oxygen atoms in total. The maximum atomic E-state index is 11.6. The molecule has 0 aliphatic heterocycles. The van der Waals surface area contributed by atoms with Crippen molar-refractivity contribution in [3.8, 4) is 0 Å². The van der Waals surface area contributed by atoms with Crippen LogP contribution >= 0.6 is 0 Å². The molecule has 0 atom stereocenters. The Bertz CT molecular complexity index is 556. The van der Waals surface area contributed by atoms with E-state index < -0.39 is 22.6 Å². The number of aliphatic hydroxyl groups is 1. The molecule has 1 amide bonds. The molecular formula is C11H15N3O4. The first kappa shape index (κ1) is 12.6. The summed E-state index contributed by atoms with van der Waals surface area (Å²) in [7, 11) is 0. The smallest absolute Gasteiger partial charge is 0.265 e. The Morgan fingerprint density at radius 1 is 1.44 bits per heavy atom. The van der Waals surface area contributed by atoms with Crippen LogP contribution in [0.4, 0.5) is 0 Å². The second-order valence-corrected chi connectivity index (χ2v) is 4.59. The fourth-order valence-corrected chi connectivity index (χ4v) is 1.80. The average Bonchev–Trinajstić information content (AvgIpc) is 2.29. The molecule has 7 heteroatoms. The predicted molar refractivity (Wildman–Crippen MR) is 63.1 cm³/mol. The van der Waals surface area contributed by atoms with Gasteiger partial charge in [0.25, 0.3) is 11.1 Å². The summed E-state index contributed by atoms with van der Waals surface area (Å²) in [6.45, 7) is -0.0807. The second-order valence-electron chi connectivity index (χ2n) is 4.59. The van der Waals surface area contributed by atoms with Gasteiger partial charge in [-0.2, -0.15) is 0 Å². The predicted octanol–water partition coefficient (Wildman–Crippen LogP) is -1.43. The van der Waals surface area contributed by atoms with Crippen LogP contribution in [0.25, 0.3) is 0 Å². The molecule has 98 valence electrons. The summed E-state index contributed by atoms with van der Waals surface area (Å²) >= 11 is 0. The molecule has 1 aliphatic carbocycles. The molecule has 0 radical (unpaired) electrons. The Morgan fingerprint density at radius 2 is 2.17 bits per heavy atom. The largest absolute Gasteiger partial charge is 0.388 e. The number of rotatable bonds is 4. The van der Waals surface area contributed by atoms with Gasteiger partial charge in [-0.3, -0.25) is 19.5 Å². The van der Waals surface area contributed by atoms with E-state index in [1.807, 2.05) is 0 Å². The first-order valence-corrected chi connectivity index (χ1v) is 5.78. The van der Waals surface area contributed by atoms with Crippen LogP contribution in [0.15, 0.2) is 21.7 Å². The molecule has 1 saturated carbocycles. The lowest BCUT2D eigenvalue weighted by atomic mass is 9.80. The van der Waals surface area contributed by atoms with Crippen molar-refractivity contribution in [1.29, 1.82) is 0 Å². The van der Waals surface area contributed by atoms with Gasteiger partial charge in [0.15, 0.2) is 0 Å². The van der Waals surface area contributed by atoms with E-state index in [9.17, 15) is 19.5 Å². The SMILES string of the molecule is O=C(Cn1[nH]c(=O)ccc1=O)NCC1(O)CCC1. The van der Waals surface area contributed by atoms with Crippen LogP contribution in [0.2, 0.25) is 0 Å². The van der Waals surface area contributed by atoms with Crippen molar-refractivity contribution in [2.24, 2.45) is 0 Å². The fourth-order valence-electron chi connectivity index (χ4n) is 1.80. The van der Waals surface area contributed by atoms with Gasteiger partial charge in [0.1, 0.15) is 6.54 Å². The molecule has 3 N–H and O–H groups in total. The summed E-state index contributed by atoms with van der Waals surface area (Å²) in [6, 6.07) is 2.21. The van der Waals surface area contributed by atoms with Crippen LogP contribution in [0.3, 0.4) is 0 Å². The topological polar surface area (TPSA) is 104 Å². The van der Waals surface area contributed by atoms with Gasteiger partial charge in [-0.1, -0.05) is 0 Å². The van der Waals surface area contributed by atoms with E-state index in [1.165, 1.54) is 0 Å². The van der Waals surface area contributed by atoms with Gasteiger partial charge in [-0.05, 0) is 19.3 Å². The molecule has 1 heterocycles. The van der Waals surface area contributed by atoms with Gasteiger partial charge >= 0.3 is 0 Å². The van der Waals surface area contributed by atoms with Gasteiger partial charge < -0.3 is 10.4 Å². The molecule has 1 aromatic rings. The summed E-state index contributed by atoms with van der Waals surface area (Å²) < 4.78 is 0.933. The van der Waals surface area contributed by atoms with E-state index in [2.05, 4.69) is 10.4 Å². The molecule has 18 heavy (non-hydrogen) atoms. The average molecular weight is 253 g/mol. The maximum Gasteiger partial charge on any atom is 0.265 e. The number of nitrogens with one attached hydrogen (secondary N) is 2. The number of hydrogen-bond donors (Lipinski definition) is 3. The standard InChI is InChI=1S/C11H15N3O4/c15-8-2-3-10(17)14(13-8)6-9(16)12-7-11(18)4-1-5-11/h2-3,18H,1,4-7H2,(H,12,16)(H,13,15). The number of amides is 1. The summed E-state index contributed by atoms with van der Waals surface area (Å²) in [5.74, 6) is -0.417. The van der Waals surface area contributed by atoms with E-state index in [1.54, 1.807) is 0 Å². The van der Waals surface area contributed by atoms with Crippen molar-refractivity contribution in [3.63, 3.8) is 0 Å². The molecule has 0 spiro atoms. The Hall–Kier alpha value is -1.89. The highest BCUT2D eigenvalue weighted by Crippen LogP contribution is 2.30. The monoisotopic (exact) mass is 253 g/mol. The zero-order valence-electron chi connectivity index (χ0n) is 9.81. The summed E-state index contributed by atoms with van der Waals surface area (Å²) in [5, 5.41) is 14.6. The fraction of sp³-hybridized carbons (Fsp3) is 0.545. The van der Waals surface area contributed by atoms with Crippen LogP contribution in [-0.4, -0.2) is 32.9 Å². The molecule has 0 bridgehead atoms. The molecule has 1 aromatic heterocycles. The normalized spacial score (nSPS) is 16.9. The third-order valence-electron chi connectivity index (χ3n) is 3.09. The second kappa shape index (κ2) is 4.77. The molecule has 1 fully saturated rings. The zero-order chi connectivity index (χ0) is 13.2. The summed E-state index contributed by atoms with van der Waals surface area (Å²) in [6.07, 6.45) is 2.31. The number of carbonyl (C=O) groups is 1. The molecular weight excluding hydrogens is 238 g/mol. The van der Waals surface area contributed by atoms with Crippen LogP contribution in [-0.2, 0) is 11.3 Å². The van der Waals surface area contributed by atoms with Crippen molar-refractivity contribution in [2.75, 3.05) is 6.54 Å². The highest BCUT2D eigenvalue weighted by molar-refractivity contribution is 5.75. The quantitative estimate of drug-likeness (QED) is 0.611. The molecule has 1 aliphatic rings. The lowest BCUT2D eigenvalue weighted by Gasteiger charge is -2.36. The van der Waals surface area contributed by atoms with Gasteiger partial charge in [0.2, 0.25) is 5.91 Å². The van der Waals surface area contributed by atoms with Gasteiger partial charge in [-0.25, -0.2) is 4.68 Å². The third-order valence-corrected chi connectivity index (χ3v) is 3.09. The third kappa shape index (κ3) is 2.86. The number of carbonyl (C=O) groups excluding carboxylic acids is 1. The molecule has 0 saturated heterocycles. The highest BCUT2D eigenvalue weighted by Gasteiger charge is 2.34. The van der Waals surface area contributed by atoms with E-state index >= 15 is 0 Å². The Labute approximate surface area is 102 Å². The minimum Gasteiger partial charge on any atom is -0.388 e. The maximum absolute atomic E-state index is 11.6. The Balaban J connectivity index is 1.92. The van der Waals surface area contributed by atoms with Crippen molar-refractivity contribution in [1.82, 2.24) is 15.1 Å². The van der Waals surface area contributed by atoms with Crippen LogP contribution < -0.4 is 16.4 Å². The Kier molecular flexibility index (Phi) is 3.33. The van der Waals surface area contributed by atoms with Gasteiger partial charge in [-0.15, -0.1) is 0 Å². The van der Waals surface area contributed by atoms with Crippen LogP contribution in [0.1, 0.15) is 19.3 Å². The highest BCUT2D eigenvalue weighted by atomic mass is 16.3. The van der Waals surface area contributed by atoms with E-state index in [0.717, 1.165) is 23.2 Å². The van der Waals surface area contributed by atoms with Crippen molar-refractivity contribution in [2.45, 2.75) is 31.4 Å². The van der Waals surface area contributed by atoms with E-state index in [-0.39, 0.29) is 13.1 Å². The van der Waals surface area contributed by atoms with Crippen molar-refractivity contribution >= 4 is 5.91 Å². The number of hydrogen-bond acceptors (Lipinski definition) is 4. The van der Waals surface area contributed by atoms with Gasteiger partial charge in [0.05, 0.1) is 5.60 Å². The Morgan fingerprint density at radius 3 is 2.78 bits per heavy atom. The first-order valence-electron chi connectivity index (χ1n) is 5.78. The van der Waals surface area contributed by atoms with Crippen molar-refractivity contribution < 1.29 is 9.90 Å². The molecule has 0 aromatic carbocycles. The summed E-state index contributed by atoms with van der Waals surface area (Å²) in [4.78, 5) is 33.9. The molecule has 0 unspecified atom stereocenters.